The van der Waals surface area contributed by atoms with Gasteiger partial charge in [-0.1, -0.05) is 37.3 Å². The summed E-state index contributed by atoms with van der Waals surface area (Å²) in [6.07, 6.45) is 0.128. The van der Waals surface area contributed by atoms with Crippen molar-refractivity contribution in [1.82, 2.24) is 0 Å². The number of anilines is 2. The van der Waals surface area contributed by atoms with Gasteiger partial charge in [0, 0.05) is 36.4 Å². The van der Waals surface area contributed by atoms with Crippen molar-refractivity contribution in [2.45, 2.75) is 43.7 Å². The van der Waals surface area contributed by atoms with Crippen molar-refractivity contribution < 1.29 is 28.9 Å². The van der Waals surface area contributed by atoms with Gasteiger partial charge in [-0.25, -0.2) is 0 Å². The van der Waals surface area contributed by atoms with E-state index in [0.29, 0.717) is 23.4 Å². The molecule has 0 saturated carbocycles. The normalized spacial score (nSPS) is 23.5. The zero-order valence-corrected chi connectivity index (χ0v) is 25.4. The van der Waals surface area contributed by atoms with Crippen molar-refractivity contribution in [2.75, 3.05) is 38.1 Å². The second-order valence-corrected chi connectivity index (χ2v) is 16.1. The van der Waals surface area contributed by atoms with Crippen LogP contribution in [0.5, 0.6) is 11.5 Å². The summed E-state index contributed by atoms with van der Waals surface area (Å²) < 4.78 is 17.4. The minimum absolute atomic E-state index is 0.0358. The smallest absolute Gasteiger partial charge is 0.264 e. The highest BCUT2D eigenvalue weighted by molar-refractivity contribution is 6.91. The van der Waals surface area contributed by atoms with Crippen LogP contribution in [-0.4, -0.2) is 59.0 Å². The van der Waals surface area contributed by atoms with Crippen LogP contribution in [0.4, 0.5) is 11.4 Å². The summed E-state index contributed by atoms with van der Waals surface area (Å²) in [5.41, 5.74) is 1.41. The van der Waals surface area contributed by atoms with Crippen molar-refractivity contribution in [2.24, 2.45) is 5.92 Å². The monoisotopic (exact) mass is 574 g/mol. The second kappa shape index (κ2) is 11.0. The van der Waals surface area contributed by atoms with Crippen molar-refractivity contribution >= 4 is 36.4 Å². The van der Waals surface area contributed by atoms with E-state index in [9.17, 15) is 14.7 Å². The Hall–Kier alpha value is -3.66. The number of hydrogen-bond donors (Lipinski definition) is 2. The molecule has 0 aromatic heterocycles. The largest absolute Gasteiger partial charge is 0.497 e. The van der Waals surface area contributed by atoms with Crippen molar-refractivity contribution in [3.63, 3.8) is 0 Å². The molecule has 8 nitrogen and oxygen atoms in total. The molecule has 2 amide bonds. The Morgan fingerprint density at radius 3 is 2.22 bits per heavy atom. The molecule has 5 rings (SSSR count). The zero-order valence-electron chi connectivity index (χ0n) is 24.4. The summed E-state index contributed by atoms with van der Waals surface area (Å²) in [7, 11) is 2.75. The predicted molar refractivity (Wildman–Crippen MR) is 162 cm³/mol. The van der Waals surface area contributed by atoms with E-state index in [0.717, 1.165) is 17.0 Å². The van der Waals surface area contributed by atoms with Gasteiger partial charge in [0.15, 0.2) is 5.60 Å². The minimum atomic E-state index is -2.25. The summed E-state index contributed by atoms with van der Waals surface area (Å²) in [5, 5.41) is 14.2. The molecule has 3 aromatic rings. The highest BCUT2D eigenvalue weighted by Crippen LogP contribution is 2.59. The molecule has 0 bridgehead atoms. The Morgan fingerprint density at radius 1 is 1.02 bits per heavy atom. The maximum Gasteiger partial charge on any atom is 0.264 e. The number of amides is 2. The van der Waals surface area contributed by atoms with E-state index in [1.165, 1.54) is 5.19 Å². The van der Waals surface area contributed by atoms with E-state index in [4.69, 9.17) is 14.2 Å². The fraction of sp³-hybridized carbons (Fsp3) is 0.375. The maximum atomic E-state index is 14.1. The van der Waals surface area contributed by atoms with Gasteiger partial charge in [-0.15, -0.1) is 0 Å². The SMILES string of the molecule is COc1ccc(C(=O)Nc2ccc3c(c2)[C@@]2(O[C@H](CCO)[C@@H]([Si](C)(C)c4ccc(OC)cc4)[C@@H]2C)C(=O)N3C)cc1. The van der Waals surface area contributed by atoms with Crippen LogP contribution in [0, 0.1) is 5.92 Å². The molecule has 3 aromatic carbocycles. The number of aliphatic hydroxyl groups excluding tert-OH is 1. The number of aliphatic hydroxyl groups is 1. The van der Waals surface area contributed by atoms with Crippen LogP contribution in [0.1, 0.15) is 29.3 Å². The highest BCUT2D eigenvalue weighted by atomic mass is 28.3. The molecule has 2 N–H and O–H groups in total. The van der Waals surface area contributed by atoms with Gasteiger partial charge in [0.1, 0.15) is 11.5 Å². The number of ether oxygens (including phenoxy) is 3. The Morgan fingerprint density at radius 2 is 1.63 bits per heavy atom. The molecule has 4 atom stereocenters. The number of fused-ring (bicyclic) bond motifs is 2. The zero-order chi connectivity index (χ0) is 29.5. The van der Waals surface area contributed by atoms with Gasteiger partial charge in [-0.05, 0) is 66.6 Å². The molecule has 41 heavy (non-hydrogen) atoms. The van der Waals surface area contributed by atoms with Gasteiger partial charge in [0.25, 0.3) is 11.8 Å². The first-order valence-electron chi connectivity index (χ1n) is 13.9. The molecule has 2 aliphatic rings. The number of nitrogens with zero attached hydrogens (tertiary/aromatic N) is 1. The van der Waals surface area contributed by atoms with E-state index in [1.54, 1.807) is 56.5 Å². The van der Waals surface area contributed by atoms with E-state index >= 15 is 0 Å². The van der Waals surface area contributed by atoms with Crippen LogP contribution in [0.2, 0.25) is 18.6 Å². The van der Waals surface area contributed by atoms with Crippen LogP contribution in [0.15, 0.2) is 66.7 Å². The second-order valence-electron chi connectivity index (χ2n) is 11.4. The third-order valence-corrected chi connectivity index (χ3v) is 13.3. The molecular formula is C32H38N2O6Si. The van der Waals surface area contributed by atoms with Crippen LogP contribution in [0.25, 0.3) is 0 Å². The van der Waals surface area contributed by atoms with E-state index < -0.39 is 13.7 Å². The van der Waals surface area contributed by atoms with Crippen molar-refractivity contribution in [3.05, 3.63) is 77.9 Å². The molecule has 0 aliphatic carbocycles. The van der Waals surface area contributed by atoms with Crippen LogP contribution >= 0.6 is 0 Å². The fourth-order valence-corrected chi connectivity index (χ4v) is 10.9. The first-order chi connectivity index (χ1) is 19.6. The molecular weight excluding hydrogens is 536 g/mol. The number of rotatable bonds is 8. The van der Waals surface area contributed by atoms with Gasteiger partial charge in [0.05, 0.1) is 34.1 Å². The lowest BCUT2D eigenvalue weighted by atomic mass is 9.82. The topological polar surface area (TPSA) is 97.3 Å². The Labute approximate surface area is 242 Å². The lowest BCUT2D eigenvalue weighted by molar-refractivity contribution is -0.145. The number of hydrogen-bond acceptors (Lipinski definition) is 6. The van der Waals surface area contributed by atoms with E-state index in [-0.39, 0.29) is 36.0 Å². The third kappa shape index (κ3) is 4.71. The summed E-state index contributed by atoms with van der Waals surface area (Å²) in [4.78, 5) is 28.8. The summed E-state index contributed by atoms with van der Waals surface area (Å²) in [6, 6.07) is 20.6. The summed E-state index contributed by atoms with van der Waals surface area (Å²) >= 11 is 0. The van der Waals surface area contributed by atoms with Crippen LogP contribution in [-0.2, 0) is 15.1 Å². The first-order valence-corrected chi connectivity index (χ1v) is 17.0. The summed E-state index contributed by atoms with van der Waals surface area (Å²) in [5.74, 6) is 0.908. The molecule has 0 unspecified atom stereocenters. The molecule has 1 saturated heterocycles. The highest BCUT2D eigenvalue weighted by Gasteiger charge is 2.65. The molecule has 0 radical (unpaired) electrons. The number of likely N-dealkylation sites (N-methyl/N-ethyl adjacent to an activating group) is 1. The quantitative estimate of drug-likeness (QED) is 0.384. The first kappa shape index (κ1) is 28.9. The fourth-order valence-electron chi connectivity index (χ4n) is 6.84. The number of methoxy groups -OCH3 is 2. The number of carbonyl (C=O) groups excluding carboxylic acids is 2. The van der Waals surface area contributed by atoms with Crippen LogP contribution < -0.4 is 24.9 Å². The Kier molecular flexibility index (Phi) is 7.71. The lowest BCUT2D eigenvalue weighted by Gasteiger charge is -2.37. The average molecular weight is 575 g/mol. The molecule has 216 valence electrons. The summed E-state index contributed by atoms with van der Waals surface area (Å²) in [6.45, 7) is 6.67. The van der Waals surface area contributed by atoms with Gasteiger partial charge in [0.2, 0.25) is 0 Å². The maximum absolute atomic E-state index is 14.1. The molecule has 2 heterocycles. The number of benzene rings is 3. The van der Waals surface area contributed by atoms with Gasteiger partial charge < -0.3 is 29.5 Å². The Balaban J connectivity index is 1.53. The van der Waals surface area contributed by atoms with Gasteiger partial charge in [-0.3, -0.25) is 9.59 Å². The molecule has 1 spiro atoms. The molecule has 1 fully saturated rings. The van der Waals surface area contributed by atoms with Gasteiger partial charge >= 0.3 is 0 Å². The van der Waals surface area contributed by atoms with Crippen molar-refractivity contribution in [3.8, 4) is 11.5 Å². The lowest BCUT2D eigenvalue weighted by Crippen LogP contribution is -2.51. The minimum Gasteiger partial charge on any atom is -0.497 e. The molecule has 2 aliphatic heterocycles. The van der Waals surface area contributed by atoms with Gasteiger partial charge in [-0.2, -0.15) is 0 Å². The van der Waals surface area contributed by atoms with Crippen molar-refractivity contribution in [1.29, 1.82) is 0 Å². The molecule has 9 heteroatoms. The van der Waals surface area contributed by atoms with Crippen LogP contribution in [0.3, 0.4) is 0 Å². The average Bonchev–Trinajstić information content (AvgIpc) is 3.39. The predicted octanol–water partition coefficient (Wildman–Crippen LogP) is 4.53. The van der Waals surface area contributed by atoms with E-state index in [1.807, 2.05) is 24.3 Å². The third-order valence-electron chi connectivity index (χ3n) is 8.99. The number of nitrogens with one attached hydrogen (secondary N) is 1. The van der Waals surface area contributed by atoms with E-state index in [2.05, 4.69) is 37.5 Å². The number of carbonyl (C=O) groups is 2. The standard InChI is InChI=1S/C32H38N2O6Si/c1-20-29(41(5,6)25-14-12-24(39-4)13-15-25)28(17-18-35)40-32(20)26-19-22(9-16-27(26)34(2)31(32)37)33-30(36)21-7-10-23(38-3)11-8-21/h7-16,19-20,28-29,35H,17-18H2,1-6H3,(H,33,36)/t20-,28+,29-,32+/m0/s1. The Bertz CT molecular complexity index is 1440.